The molecule has 1 rings (SSSR count). The fourth-order valence-electron chi connectivity index (χ4n) is 1.82. The van der Waals surface area contributed by atoms with Crippen molar-refractivity contribution < 1.29 is 5.11 Å². The van der Waals surface area contributed by atoms with E-state index < -0.39 is 0 Å². The maximum absolute atomic E-state index is 8.93. The van der Waals surface area contributed by atoms with Crippen LogP contribution in [0.3, 0.4) is 0 Å². The van der Waals surface area contributed by atoms with Crippen molar-refractivity contribution in [3.63, 3.8) is 0 Å². The summed E-state index contributed by atoms with van der Waals surface area (Å²) in [5.74, 6) is 0.315. The van der Waals surface area contributed by atoms with Gasteiger partial charge in [-0.15, -0.1) is 0 Å². The van der Waals surface area contributed by atoms with Gasteiger partial charge in [-0.1, -0.05) is 19.1 Å². The topological polar surface area (TPSA) is 49.5 Å². The minimum absolute atomic E-state index is 0.237. The Labute approximate surface area is 84.9 Å². The number of aliphatic hydroxyl groups is 1. The number of nitrogens with two attached hydrogens (primary N) is 1. The van der Waals surface area contributed by atoms with Crippen LogP contribution in [-0.4, -0.2) is 40.7 Å². The molecular formula is C9H18N2OS. The highest BCUT2D eigenvalue weighted by molar-refractivity contribution is 7.80. The first-order chi connectivity index (χ1) is 6.15. The summed E-state index contributed by atoms with van der Waals surface area (Å²) >= 11 is 5.00. The van der Waals surface area contributed by atoms with Crippen LogP contribution in [0.5, 0.6) is 0 Å². The van der Waals surface area contributed by atoms with E-state index in [4.69, 9.17) is 23.1 Å². The molecule has 0 radical (unpaired) electrons. The molecule has 1 aliphatic rings. The molecule has 13 heavy (non-hydrogen) atoms. The zero-order valence-electron chi connectivity index (χ0n) is 8.07. The third kappa shape index (κ3) is 2.90. The van der Waals surface area contributed by atoms with E-state index in [9.17, 15) is 0 Å². The van der Waals surface area contributed by atoms with Gasteiger partial charge < -0.3 is 10.8 Å². The van der Waals surface area contributed by atoms with Crippen LogP contribution in [-0.2, 0) is 0 Å². The van der Waals surface area contributed by atoms with Crippen molar-refractivity contribution in [3.05, 3.63) is 0 Å². The normalized spacial score (nSPS) is 26.2. The molecule has 0 spiro atoms. The number of aliphatic hydroxyl groups excluding tert-OH is 1. The van der Waals surface area contributed by atoms with Gasteiger partial charge in [0.2, 0.25) is 0 Å². The molecule has 0 bridgehead atoms. The second-order valence-corrected chi connectivity index (χ2v) is 4.31. The zero-order valence-corrected chi connectivity index (χ0v) is 8.89. The van der Waals surface area contributed by atoms with Crippen LogP contribution in [0.15, 0.2) is 0 Å². The summed E-state index contributed by atoms with van der Waals surface area (Å²) in [6.45, 7) is 4.24. The standard InChI is InChI=1S/C9H18N2OS/c1-7(6-12)5-11-4-2-3-8(11)9(10)13/h7-8,12H,2-6H2,1H3,(H2,10,13). The van der Waals surface area contributed by atoms with Crippen LogP contribution >= 0.6 is 12.2 Å². The third-order valence-electron chi connectivity index (χ3n) is 2.55. The molecule has 1 fully saturated rings. The second kappa shape index (κ2) is 4.88. The summed E-state index contributed by atoms with van der Waals surface area (Å²) in [5, 5.41) is 8.93. The van der Waals surface area contributed by atoms with Gasteiger partial charge in [0.05, 0.1) is 11.0 Å². The Bertz CT molecular complexity index is 186. The molecule has 76 valence electrons. The van der Waals surface area contributed by atoms with Crippen LogP contribution in [0.1, 0.15) is 19.8 Å². The first kappa shape index (κ1) is 10.9. The van der Waals surface area contributed by atoms with Gasteiger partial charge in [-0.2, -0.15) is 0 Å². The van der Waals surface area contributed by atoms with Gasteiger partial charge in [0.1, 0.15) is 0 Å². The van der Waals surface area contributed by atoms with Crippen molar-refractivity contribution in [1.29, 1.82) is 0 Å². The van der Waals surface area contributed by atoms with Crippen molar-refractivity contribution in [2.24, 2.45) is 11.7 Å². The van der Waals surface area contributed by atoms with E-state index in [0.717, 1.165) is 19.5 Å². The summed E-state index contributed by atoms with van der Waals surface area (Å²) in [4.78, 5) is 2.88. The number of hydrogen-bond acceptors (Lipinski definition) is 3. The summed E-state index contributed by atoms with van der Waals surface area (Å²) in [6, 6.07) is 0.268. The average molecular weight is 202 g/mol. The summed E-state index contributed by atoms with van der Waals surface area (Å²) in [7, 11) is 0. The molecule has 1 aliphatic heterocycles. The number of likely N-dealkylation sites (tertiary alicyclic amines) is 1. The molecule has 0 amide bonds. The number of hydrogen-bond donors (Lipinski definition) is 2. The fourth-order valence-corrected chi connectivity index (χ4v) is 2.09. The van der Waals surface area contributed by atoms with Crippen LogP contribution < -0.4 is 5.73 Å². The van der Waals surface area contributed by atoms with Crippen molar-refractivity contribution in [1.82, 2.24) is 4.90 Å². The van der Waals surface area contributed by atoms with Crippen LogP contribution in [0, 0.1) is 5.92 Å². The van der Waals surface area contributed by atoms with Gasteiger partial charge in [-0.25, -0.2) is 0 Å². The first-order valence-electron chi connectivity index (χ1n) is 4.79. The molecule has 0 aromatic heterocycles. The van der Waals surface area contributed by atoms with Gasteiger partial charge in [0, 0.05) is 13.2 Å². The van der Waals surface area contributed by atoms with E-state index in [-0.39, 0.29) is 12.6 Å². The van der Waals surface area contributed by atoms with E-state index in [1.54, 1.807) is 0 Å². The molecule has 0 aromatic carbocycles. The lowest BCUT2D eigenvalue weighted by atomic mass is 10.1. The molecule has 0 aliphatic carbocycles. The molecule has 2 atom stereocenters. The molecule has 3 nitrogen and oxygen atoms in total. The zero-order chi connectivity index (χ0) is 9.84. The predicted octanol–water partition coefficient (Wildman–Crippen LogP) is 0.365. The van der Waals surface area contributed by atoms with Crippen molar-refractivity contribution in [2.75, 3.05) is 19.7 Å². The Hall–Kier alpha value is -0.190. The molecular weight excluding hydrogens is 184 g/mol. The van der Waals surface area contributed by atoms with Gasteiger partial charge >= 0.3 is 0 Å². The average Bonchev–Trinajstić information content (AvgIpc) is 2.52. The van der Waals surface area contributed by atoms with E-state index in [0.29, 0.717) is 10.9 Å². The molecule has 1 saturated heterocycles. The maximum atomic E-state index is 8.93. The fraction of sp³-hybridized carbons (Fsp3) is 0.889. The lowest BCUT2D eigenvalue weighted by Gasteiger charge is -2.25. The Morgan fingerprint density at radius 2 is 2.46 bits per heavy atom. The van der Waals surface area contributed by atoms with Gasteiger partial charge in [-0.3, -0.25) is 4.90 Å². The van der Waals surface area contributed by atoms with E-state index in [2.05, 4.69) is 4.90 Å². The predicted molar refractivity (Wildman–Crippen MR) is 57.6 cm³/mol. The van der Waals surface area contributed by atoms with Crippen molar-refractivity contribution in [2.45, 2.75) is 25.8 Å². The largest absolute Gasteiger partial charge is 0.396 e. The molecule has 2 unspecified atom stereocenters. The van der Waals surface area contributed by atoms with Crippen molar-refractivity contribution in [3.8, 4) is 0 Å². The maximum Gasteiger partial charge on any atom is 0.0902 e. The quantitative estimate of drug-likeness (QED) is 0.647. The molecule has 3 N–H and O–H groups in total. The van der Waals surface area contributed by atoms with Gasteiger partial charge in [0.15, 0.2) is 0 Å². The van der Waals surface area contributed by atoms with Gasteiger partial charge in [0.25, 0.3) is 0 Å². The second-order valence-electron chi connectivity index (χ2n) is 3.84. The minimum atomic E-state index is 0.237. The molecule has 0 saturated carbocycles. The Balaban J connectivity index is 2.44. The lowest BCUT2D eigenvalue weighted by Crippen LogP contribution is -2.41. The van der Waals surface area contributed by atoms with Gasteiger partial charge in [-0.05, 0) is 25.3 Å². The van der Waals surface area contributed by atoms with Crippen LogP contribution in [0.25, 0.3) is 0 Å². The highest BCUT2D eigenvalue weighted by Crippen LogP contribution is 2.18. The minimum Gasteiger partial charge on any atom is -0.396 e. The van der Waals surface area contributed by atoms with E-state index in [1.165, 1.54) is 6.42 Å². The molecule has 0 aromatic rings. The van der Waals surface area contributed by atoms with Crippen molar-refractivity contribution >= 4 is 17.2 Å². The van der Waals surface area contributed by atoms with E-state index in [1.807, 2.05) is 6.92 Å². The third-order valence-corrected chi connectivity index (χ3v) is 2.82. The number of nitrogens with zero attached hydrogens (tertiary/aromatic N) is 1. The highest BCUT2D eigenvalue weighted by atomic mass is 32.1. The molecule has 1 heterocycles. The Morgan fingerprint density at radius 1 is 1.77 bits per heavy atom. The SMILES string of the molecule is CC(CO)CN1CCCC1C(N)=S. The lowest BCUT2D eigenvalue weighted by molar-refractivity contribution is 0.181. The first-order valence-corrected chi connectivity index (χ1v) is 5.20. The summed E-state index contributed by atoms with van der Waals surface area (Å²) in [5.41, 5.74) is 5.63. The van der Waals surface area contributed by atoms with Crippen LogP contribution in [0.2, 0.25) is 0 Å². The number of rotatable bonds is 4. The summed E-state index contributed by atoms with van der Waals surface area (Å²) < 4.78 is 0. The Kier molecular flexibility index (Phi) is 4.09. The smallest absolute Gasteiger partial charge is 0.0902 e. The number of thiocarbonyl (C=S) groups is 1. The Morgan fingerprint density at radius 3 is 3.00 bits per heavy atom. The summed E-state index contributed by atoms with van der Waals surface area (Å²) in [6.07, 6.45) is 2.24. The molecule has 4 heteroatoms. The van der Waals surface area contributed by atoms with E-state index >= 15 is 0 Å². The monoisotopic (exact) mass is 202 g/mol. The van der Waals surface area contributed by atoms with Crippen LogP contribution in [0.4, 0.5) is 0 Å². The highest BCUT2D eigenvalue weighted by Gasteiger charge is 2.27.